The normalized spacial score (nSPS) is 10.6. The van der Waals surface area contributed by atoms with Crippen LogP contribution in [0.15, 0.2) is 36.4 Å². The van der Waals surface area contributed by atoms with Crippen LogP contribution in [-0.4, -0.2) is 0 Å². The number of benzene rings is 2. The highest BCUT2D eigenvalue weighted by Crippen LogP contribution is 2.29. The van der Waals surface area contributed by atoms with Crippen molar-refractivity contribution < 1.29 is 4.74 Å². The Morgan fingerprint density at radius 2 is 1.90 bits per heavy atom. The summed E-state index contributed by atoms with van der Waals surface area (Å²) in [5.41, 5.74) is 15.7. The molecule has 4 N–H and O–H groups in total. The van der Waals surface area contributed by atoms with Gasteiger partial charge >= 0.3 is 0 Å². The number of hydrogen-bond acceptors (Lipinski definition) is 3. The lowest BCUT2D eigenvalue weighted by molar-refractivity contribution is 0.474. The van der Waals surface area contributed by atoms with Crippen LogP contribution in [0, 0.1) is 6.92 Å². The maximum absolute atomic E-state index is 6.07. The van der Waals surface area contributed by atoms with Crippen molar-refractivity contribution in [3.05, 3.63) is 53.1 Å². The molecule has 0 unspecified atom stereocenters. The van der Waals surface area contributed by atoms with Crippen LogP contribution in [0.2, 0.25) is 0 Å². The Hall–Kier alpha value is -2.00. The third-order valence-corrected chi connectivity index (χ3v) is 3.64. The molecule has 2 aromatic rings. The predicted octanol–water partition coefficient (Wildman–Crippen LogP) is 4.17. The Balaban J connectivity index is 2.28. The van der Waals surface area contributed by atoms with Gasteiger partial charge in [-0.1, -0.05) is 25.5 Å². The maximum atomic E-state index is 6.07. The quantitative estimate of drug-likeness (QED) is 0.783. The summed E-state index contributed by atoms with van der Waals surface area (Å²) in [7, 11) is 0. The molecule has 0 heterocycles. The molecule has 0 saturated carbocycles. The molecule has 3 heteroatoms. The molecule has 112 valence electrons. The molecule has 0 aliphatic heterocycles. The van der Waals surface area contributed by atoms with Gasteiger partial charge in [-0.3, -0.25) is 0 Å². The fraction of sp³-hybridized carbons (Fsp3) is 0.333. The minimum absolute atomic E-state index is 0.519. The molecule has 0 radical (unpaired) electrons. The monoisotopic (exact) mass is 284 g/mol. The molecule has 0 fully saturated rings. The smallest absolute Gasteiger partial charge is 0.130 e. The molecular formula is C18H24N2O. The maximum Gasteiger partial charge on any atom is 0.130 e. The first-order valence-corrected chi connectivity index (χ1v) is 7.50. The first-order chi connectivity index (χ1) is 10.1. The van der Waals surface area contributed by atoms with Crippen molar-refractivity contribution in [2.45, 2.75) is 39.7 Å². The molecule has 21 heavy (non-hydrogen) atoms. The number of anilines is 1. The molecule has 3 nitrogen and oxygen atoms in total. The van der Waals surface area contributed by atoms with Gasteiger partial charge in [-0.15, -0.1) is 0 Å². The molecule has 0 saturated heterocycles. The van der Waals surface area contributed by atoms with Gasteiger partial charge in [0.25, 0.3) is 0 Å². The van der Waals surface area contributed by atoms with E-state index < -0.39 is 0 Å². The highest BCUT2D eigenvalue weighted by molar-refractivity contribution is 5.51. The van der Waals surface area contributed by atoms with E-state index in [0.717, 1.165) is 41.2 Å². The van der Waals surface area contributed by atoms with Gasteiger partial charge in [-0.2, -0.15) is 0 Å². The SMILES string of the molecule is CCCCc1ccc(CN)cc1Oc1ccc(N)c(C)c1. The van der Waals surface area contributed by atoms with Crippen molar-refractivity contribution >= 4 is 5.69 Å². The van der Waals surface area contributed by atoms with Crippen LogP contribution in [0.1, 0.15) is 36.5 Å². The van der Waals surface area contributed by atoms with E-state index in [1.807, 2.05) is 31.2 Å². The van der Waals surface area contributed by atoms with E-state index in [9.17, 15) is 0 Å². The van der Waals surface area contributed by atoms with Crippen LogP contribution in [-0.2, 0) is 13.0 Å². The van der Waals surface area contributed by atoms with Crippen molar-refractivity contribution in [2.75, 3.05) is 5.73 Å². The van der Waals surface area contributed by atoms with E-state index >= 15 is 0 Å². The number of nitrogens with two attached hydrogens (primary N) is 2. The fourth-order valence-electron chi connectivity index (χ4n) is 2.23. The van der Waals surface area contributed by atoms with Crippen molar-refractivity contribution in [1.82, 2.24) is 0 Å². The summed E-state index contributed by atoms with van der Waals surface area (Å²) in [6, 6.07) is 12.0. The second-order valence-corrected chi connectivity index (χ2v) is 5.37. The van der Waals surface area contributed by atoms with Crippen LogP contribution in [0.25, 0.3) is 0 Å². The van der Waals surface area contributed by atoms with Crippen molar-refractivity contribution in [1.29, 1.82) is 0 Å². The topological polar surface area (TPSA) is 61.3 Å². The molecule has 0 atom stereocenters. The van der Waals surface area contributed by atoms with Crippen LogP contribution >= 0.6 is 0 Å². The van der Waals surface area contributed by atoms with E-state index in [-0.39, 0.29) is 0 Å². The van der Waals surface area contributed by atoms with Gasteiger partial charge in [-0.25, -0.2) is 0 Å². The summed E-state index contributed by atoms with van der Waals surface area (Å²) in [6.07, 6.45) is 3.34. The number of ether oxygens (including phenoxy) is 1. The van der Waals surface area contributed by atoms with Gasteiger partial charge in [0, 0.05) is 12.2 Å². The van der Waals surface area contributed by atoms with Crippen LogP contribution in [0.3, 0.4) is 0 Å². The van der Waals surface area contributed by atoms with Gasteiger partial charge in [0.15, 0.2) is 0 Å². The largest absolute Gasteiger partial charge is 0.457 e. The average molecular weight is 284 g/mol. The number of unbranched alkanes of at least 4 members (excludes halogenated alkanes) is 1. The molecule has 0 aromatic heterocycles. The van der Waals surface area contributed by atoms with Crippen LogP contribution < -0.4 is 16.2 Å². The highest BCUT2D eigenvalue weighted by atomic mass is 16.5. The fourth-order valence-corrected chi connectivity index (χ4v) is 2.23. The minimum Gasteiger partial charge on any atom is -0.457 e. The summed E-state index contributed by atoms with van der Waals surface area (Å²) >= 11 is 0. The number of hydrogen-bond donors (Lipinski definition) is 2. The molecular weight excluding hydrogens is 260 g/mol. The van der Waals surface area contributed by atoms with Crippen molar-refractivity contribution in [3.63, 3.8) is 0 Å². The van der Waals surface area contributed by atoms with Gasteiger partial charge < -0.3 is 16.2 Å². The molecule has 0 aliphatic rings. The van der Waals surface area contributed by atoms with E-state index in [4.69, 9.17) is 16.2 Å². The van der Waals surface area contributed by atoms with Gasteiger partial charge in [0.2, 0.25) is 0 Å². The summed E-state index contributed by atoms with van der Waals surface area (Å²) in [4.78, 5) is 0. The Labute approximate surface area is 126 Å². The highest BCUT2D eigenvalue weighted by Gasteiger charge is 2.07. The Morgan fingerprint density at radius 3 is 2.57 bits per heavy atom. The van der Waals surface area contributed by atoms with E-state index in [1.165, 1.54) is 12.0 Å². The summed E-state index contributed by atoms with van der Waals surface area (Å²) < 4.78 is 6.07. The molecule has 0 bridgehead atoms. The van der Waals surface area contributed by atoms with Gasteiger partial charge in [0.05, 0.1) is 0 Å². The lowest BCUT2D eigenvalue weighted by atomic mass is 10.0. The van der Waals surface area contributed by atoms with Crippen molar-refractivity contribution in [3.8, 4) is 11.5 Å². The zero-order chi connectivity index (χ0) is 15.2. The Kier molecular flexibility index (Phi) is 5.23. The van der Waals surface area contributed by atoms with Gasteiger partial charge in [-0.05, 0) is 60.7 Å². The first kappa shape index (κ1) is 15.4. The minimum atomic E-state index is 0.519. The average Bonchev–Trinajstić information content (AvgIpc) is 2.49. The van der Waals surface area contributed by atoms with Crippen LogP contribution in [0.5, 0.6) is 11.5 Å². The zero-order valence-electron chi connectivity index (χ0n) is 12.9. The van der Waals surface area contributed by atoms with Crippen molar-refractivity contribution in [2.24, 2.45) is 5.73 Å². The Morgan fingerprint density at radius 1 is 1.10 bits per heavy atom. The Bertz CT molecular complexity index is 608. The summed E-state index contributed by atoms with van der Waals surface area (Å²) in [6.45, 7) is 4.69. The lowest BCUT2D eigenvalue weighted by Gasteiger charge is -2.13. The predicted molar refractivity (Wildman–Crippen MR) is 88.6 cm³/mol. The third kappa shape index (κ3) is 3.99. The number of nitrogen functional groups attached to an aromatic ring is 1. The number of rotatable bonds is 6. The van der Waals surface area contributed by atoms with Gasteiger partial charge in [0.1, 0.15) is 11.5 Å². The third-order valence-electron chi connectivity index (χ3n) is 3.64. The van der Waals surface area contributed by atoms with E-state index in [0.29, 0.717) is 6.54 Å². The zero-order valence-corrected chi connectivity index (χ0v) is 12.9. The molecule has 2 rings (SSSR count). The summed E-state index contributed by atoms with van der Waals surface area (Å²) in [5.74, 6) is 1.71. The lowest BCUT2D eigenvalue weighted by Crippen LogP contribution is -1.99. The van der Waals surface area contributed by atoms with E-state index in [1.54, 1.807) is 0 Å². The molecule has 2 aromatic carbocycles. The molecule has 0 spiro atoms. The molecule has 0 amide bonds. The number of aryl methyl sites for hydroxylation is 2. The van der Waals surface area contributed by atoms with Crippen LogP contribution in [0.4, 0.5) is 5.69 Å². The molecule has 0 aliphatic carbocycles. The summed E-state index contributed by atoms with van der Waals surface area (Å²) in [5, 5.41) is 0. The second kappa shape index (κ2) is 7.14. The second-order valence-electron chi connectivity index (χ2n) is 5.37. The van der Waals surface area contributed by atoms with E-state index in [2.05, 4.69) is 19.1 Å². The first-order valence-electron chi connectivity index (χ1n) is 7.50. The standard InChI is InChI=1S/C18H24N2O/c1-3-4-5-15-7-6-14(12-19)11-18(15)21-16-8-9-17(20)13(2)10-16/h6-11H,3-5,12,19-20H2,1-2H3.